The zero-order chi connectivity index (χ0) is 27.5. The first kappa shape index (κ1) is 25.8. The number of anilines is 3. The van der Waals surface area contributed by atoms with Crippen LogP contribution in [0.4, 0.5) is 26.0 Å². The fraction of sp³-hybridized carbons (Fsp3) is 0.167. The number of pyridine rings is 2. The van der Waals surface area contributed by atoms with Crippen molar-refractivity contribution in [2.24, 2.45) is 0 Å². The Hall–Kier alpha value is -4.41. The summed E-state index contributed by atoms with van der Waals surface area (Å²) in [6.45, 7) is 2.00. The molecule has 3 aromatic heterocycles. The maximum atomic E-state index is 15.2. The molecule has 0 spiro atoms. The van der Waals surface area contributed by atoms with Crippen LogP contribution in [0.1, 0.15) is 34.0 Å². The van der Waals surface area contributed by atoms with Gasteiger partial charge in [0.15, 0.2) is 11.6 Å². The maximum absolute atomic E-state index is 15.2. The number of carbonyl (C=O) groups excluding carboxylic acids is 1. The number of halogens is 2. The first-order chi connectivity index (χ1) is 19.5. The normalized spacial score (nSPS) is 13.8. The molecular formula is C30H25F2N5O2S. The zero-order valence-corrected chi connectivity index (χ0v) is 22.1. The zero-order valence-electron chi connectivity index (χ0n) is 21.3. The summed E-state index contributed by atoms with van der Waals surface area (Å²) in [5.41, 5.74) is 1.92. The number of nitrogens with one attached hydrogen (secondary N) is 3. The van der Waals surface area contributed by atoms with Crippen molar-refractivity contribution >= 4 is 44.7 Å². The lowest BCUT2D eigenvalue weighted by atomic mass is 9.96. The van der Waals surface area contributed by atoms with Gasteiger partial charge in [-0.05, 0) is 86.4 Å². The molecule has 0 bridgehead atoms. The second-order valence-electron chi connectivity index (χ2n) is 9.43. The van der Waals surface area contributed by atoms with E-state index in [0.717, 1.165) is 36.1 Å². The molecule has 10 heteroatoms. The van der Waals surface area contributed by atoms with Crippen molar-refractivity contribution in [2.45, 2.75) is 18.8 Å². The second kappa shape index (κ2) is 11.4. The molecule has 4 heterocycles. The van der Waals surface area contributed by atoms with Gasteiger partial charge in [-0.2, -0.15) is 0 Å². The molecule has 6 rings (SSSR count). The smallest absolute Gasteiger partial charge is 0.259 e. The summed E-state index contributed by atoms with van der Waals surface area (Å²) in [5.74, 6) is -0.0477. The Bertz CT molecular complexity index is 1670. The SMILES string of the molecule is O=C(Nc1ccc(F)cc1)c1cccnc1Nc1ccc(Oc2ccnc3cc(C4CCNCC4)sc23)c(F)c1. The van der Waals surface area contributed by atoms with E-state index in [4.69, 9.17) is 4.74 Å². The minimum atomic E-state index is -0.571. The van der Waals surface area contributed by atoms with Gasteiger partial charge >= 0.3 is 0 Å². The van der Waals surface area contributed by atoms with E-state index in [9.17, 15) is 9.18 Å². The fourth-order valence-corrected chi connectivity index (χ4v) is 5.89. The fourth-order valence-electron chi connectivity index (χ4n) is 4.66. The van der Waals surface area contributed by atoms with Crippen molar-refractivity contribution < 1.29 is 18.3 Å². The molecule has 0 aliphatic carbocycles. The Morgan fingerprint density at radius 2 is 1.73 bits per heavy atom. The number of nitrogens with zero attached hydrogens (tertiary/aromatic N) is 2. The van der Waals surface area contributed by atoms with Crippen LogP contribution < -0.4 is 20.7 Å². The average molecular weight is 558 g/mol. The number of hydrogen-bond acceptors (Lipinski definition) is 7. The van der Waals surface area contributed by atoms with Crippen molar-refractivity contribution in [3.8, 4) is 11.5 Å². The van der Waals surface area contributed by atoms with Gasteiger partial charge in [-0.25, -0.2) is 13.8 Å². The minimum Gasteiger partial charge on any atom is -0.453 e. The standard InChI is InChI=1S/C30H25F2N5O2S/c31-19-3-5-20(6-4-19)37-30(38)22-2-1-12-35-29(22)36-21-7-8-25(23(32)16-21)39-26-11-15-34-24-17-27(40-28(24)26)18-9-13-33-14-10-18/h1-8,11-12,15-18,33H,9-10,13-14H2,(H,35,36)(H,37,38). The number of aromatic nitrogens is 2. The summed E-state index contributed by atoms with van der Waals surface area (Å²) in [5, 5.41) is 9.11. The molecule has 1 aliphatic rings. The number of benzene rings is 2. The van der Waals surface area contributed by atoms with Crippen molar-refractivity contribution in [1.82, 2.24) is 15.3 Å². The van der Waals surface area contributed by atoms with E-state index in [1.807, 2.05) is 0 Å². The summed E-state index contributed by atoms with van der Waals surface area (Å²) < 4.78 is 35.3. The molecule has 3 N–H and O–H groups in total. The quantitative estimate of drug-likeness (QED) is 0.196. The van der Waals surface area contributed by atoms with Gasteiger partial charge in [0, 0.05) is 40.8 Å². The van der Waals surface area contributed by atoms with E-state index in [0.29, 0.717) is 23.0 Å². The molecule has 0 atom stereocenters. The predicted octanol–water partition coefficient (Wildman–Crippen LogP) is 7.22. The number of amides is 1. The van der Waals surface area contributed by atoms with Gasteiger partial charge in [0.2, 0.25) is 0 Å². The van der Waals surface area contributed by atoms with E-state index < -0.39 is 17.5 Å². The summed E-state index contributed by atoms with van der Waals surface area (Å²) in [6.07, 6.45) is 5.36. The van der Waals surface area contributed by atoms with Crippen LogP contribution in [0.2, 0.25) is 0 Å². The maximum Gasteiger partial charge on any atom is 0.259 e. The van der Waals surface area contributed by atoms with E-state index in [-0.39, 0.29) is 17.1 Å². The average Bonchev–Trinajstić information content (AvgIpc) is 3.42. The number of piperidine rings is 1. The number of rotatable bonds is 7. The third kappa shape index (κ3) is 5.63. The van der Waals surface area contributed by atoms with E-state index in [1.54, 1.807) is 41.8 Å². The Labute approximate surface area is 233 Å². The van der Waals surface area contributed by atoms with Crippen LogP contribution in [0.5, 0.6) is 11.5 Å². The highest BCUT2D eigenvalue weighted by atomic mass is 32.1. The van der Waals surface area contributed by atoms with E-state index >= 15 is 4.39 Å². The molecule has 1 saturated heterocycles. The third-order valence-corrected chi connectivity index (χ3v) is 8.01. The topological polar surface area (TPSA) is 88.2 Å². The molecule has 2 aromatic carbocycles. The number of carbonyl (C=O) groups is 1. The van der Waals surface area contributed by atoms with E-state index in [1.165, 1.54) is 47.5 Å². The van der Waals surface area contributed by atoms with Crippen LogP contribution in [0.15, 0.2) is 79.1 Å². The molecule has 1 amide bonds. The van der Waals surface area contributed by atoms with Gasteiger partial charge in [0.05, 0.1) is 15.8 Å². The van der Waals surface area contributed by atoms with Crippen LogP contribution in [-0.2, 0) is 0 Å². The summed E-state index contributed by atoms with van der Waals surface area (Å²) in [4.78, 5) is 22.9. The number of thiophene rings is 1. The summed E-state index contributed by atoms with van der Waals surface area (Å²) in [7, 11) is 0. The molecule has 0 saturated carbocycles. The van der Waals surface area contributed by atoms with Crippen molar-refractivity contribution in [2.75, 3.05) is 23.7 Å². The number of ether oxygens (including phenoxy) is 1. The van der Waals surface area contributed by atoms with Crippen LogP contribution in [-0.4, -0.2) is 29.0 Å². The lowest BCUT2D eigenvalue weighted by Gasteiger charge is -2.21. The highest BCUT2D eigenvalue weighted by Gasteiger charge is 2.20. The first-order valence-electron chi connectivity index (χ1n) is 12.9. The van der Waals surface area contributed by atoms with Crippen LogP contribution in [0.3, 0.4) is 0 Å². The summed E-state index contributed by atoms with van der Waals surface area (Å²) in [6, 6.07) is 17.0. The minimum absolute atomic E-state index is 0.0742. The molecule has 1 fully saturated rings. The molecule has 1 aliphatic heterocycles. The second-order valence-corrected chi connectivity index (χ2v) is 10.5. The van der Waals surface area contributed by atoms with Gasteiger partial charge in [0.25, 0.3) is 5.91 Å². The van der Waals surface area contributed by atoms with Crippen molar-refractivity contribution in [3.05, 3.63) is 101 Å². The van der Waals surface area contributed by atoms with Crippen LogP contribution in [0.25, 0.3) is 10.2 Å². The number of hydrogen-bond donors (Lipinski definition) is 3. The van der Waals surface area contributed by atoms with Crippen molar-refractivity contribution in [3.63, 3.8) is 0 Å². The first-order valence-corrected chi connectivity index (χ1v) is 13.7. The Morgan fingerprint density at radius 1 is 0.925 bits per heavy atom. The van der Waals surface area contributed by atoms with Gasteiger partial charge in [-0.15, -0.1) is 11.3 Å². The van der Waals surface area contributed by atoms with Crippen LogP contribution in [0, 0.1) is 11.6 Å². The molecule has 40 heavy (non-hydrogen) atoms. The van der Waals surface area contributed by atoms with Gasteiger partial charge in [0.1, 0.15) is 17.4 Å². The molecular weight excluding hydrogens is 532 g/mol. The highest BCUT2D eigenvalue weighted by Crippen LogP contribution is 2.40. The predicted molar refractivity (Wildman–Crippen MR) is 153 cm³/mol. The van der Waals surface area contributed by atoms with E-state index in [2.05, 4.69) is 32.0 Å². The monoisotopic (exact) mass is 557 g/mol. The van der Waals surface area contributed by atoms with Crippen molar-refractivity contribution in [1.29, 1.82) is 0 Å². The van der Waals surface area contributed by atoms with Gasteiger partial charge < -0.3 is 20.7 Å². The molecule has 202 valence electrons. The number of fused-ring (bicyclic) bond motifs is 1. The Kier molecular flexibility index (Phi) is 7.35. The van der Waals surface area contributed by atoms with Gasteiger partial charge in [-0.1, -0.05) is 0 Å². The van der Waals surface area contributed by atoms with Gasteiger partial charge in [-0.3, -0.25) is 9.78 Å². The van der Waals surface area contributed by atoms with Crippen LogP contribution >= 0.6 is 11.3 Å². The lowest BCUT2D eigenvalue weighted by Crippen LogP contribution is -2.26. The molecule has 0 unspecified atom stereocenters. The summed E-state index contributed by atoms with van der Waals surface area (Å²) >= 11 is 1.65. The largest absolute Gasteiger partial charge is 0.453 e. The third-order valence-electron chi connectivity index (χ3n) is 6.71. The Morgan fingerprint density at radius 3 is 2.52 bits per heavy atom. The lowest BCUT2D eigenvalue weighted by molar-refractivity contribution is 0.102. The molecule has 5 aromatic rings. The molecule has 0 radical (unpaired) electrons. The Balaban J connectivity index is 1.19. The highest BCUT2D eigenvalue weighted by molar-refractivity contribution is 7.19. The molecule has 7 nitrogen and oxygen atoms in total.